The maximum Gasteiger partial charge on any atom is 0.122 e. The van der Waals surface area contributed by atoms with Crippen LogP contribution in [0, 0.1) is 24.2 Å². The SMILES string of the molecule is Cc1cc(C#Cc2ccc(-c3ccc(Cl)cc3)cn2)ccc1OCCC1(CN)CCCC1. The van der Waals surface area contributed by atoms with Crippen molar-refractivity contribution in [3.63, 3.8) is 0 Å². The van der Waals surface area contributed by atoms with Crippen LogP contribution in [-0.4, -0.2) is 18.1 Å². The summed E-state index contributed by atoms with van der Waals surface area (Å²) < 4.78 is 6.08. The van der Waals surface area contributed by atoms with Gasteiger partial charge in [-0.3, -0.25) is 0 Å². The topological polar surface area (TPSA) is 48.1 Å². The standard InChI is InChI=1S/C28H29ClN2O/c1-21-18-22(5-13-27(21)32-17-16-28(20-30)14-2-3-15-28)4-11-26-12-8-24(19-31-26)23-6-9-25(29)10-7-23/h5-10,12-13,18-19H,2-3,14-17,20,30H2,1H3. The van der Waals surface area contributed by atoms with Gasteiger partial charge in [0.15, 0.2) is 0 Å². The van der Waals surface area contributed by atoms with Gasteiger partial charge in [0.05, 0.1) is 6.61 Å². The fourth-order valence-corrected chi connectivity index (χ4v) is 4.49. The molecule has 2 N–H and O–H groups in total. The molecule has 0 bridgehead atoms. The minimum absolute atomic E-state index is 0.287. The third-order valence-corrected chi connectivity index (χ3v) is 6.69. The number of aromatic nitrogens is 1. The van der Waals surface area contributed by atoms with Crippen LogP contribution in [0.1, 0.15) is 48.9 Å². The molecule has 164 valence electrons. The second-order valence-electron chi connectivity index (χ2n) is 8.68. The molecule has 3 aromatic rings. The third kappa shape index (κ3) is 5.51. The number of halogens is 1. The molecule has 1 aliphatic rings. The van der Waals surface area contributed by atoms with Crippen LogP contribution in [0.2, 0.25) is 5.02 Å². The maximum atomic E-state index is 6.08. The van der Waals surface area contributed by atoms with E-state index in [-0.39, 0.29) is 5.41 Å². The molecule has 32 heavy (non-hydrogen) atoms. The lowest BCUT2D eigenvalue weighted by Crippen LogP contribution is -2.29. The summed E-state index contributed by atoms with van der Waals surface area (Å²) in [6.45, 7) is 3.54. The summed E-state index contributed by atoms with van der Waals surface area (Å²) in [5.41, 5.74) is 11.2. The van der Waals surface area contributed by atoms with Gasteiger partial charge >= 0.3 is 0 Å². The summed E-state index contributed by atoms with van der Waals surface area (Å²) >= 11 is 5.96. The van der Waals surface area contributed by atoms with Gasteiger partial charge in [-0.2, -0.15) is 0 Å². The van der Waals surface area contributed by atoms with Crippen molar-refractivity contribution in [2.24, 2.45) is 11.1 Å². The van der Waals surface area contributed by atoms with E-state index >= 15 is 0 Å². The molecule has 0 spiro atoms. The Hall–Kier alpha value is -2.80. The number of nitrogens with two attached hydrogens (primary N) is 1. The van der Waals surface area contributed by atoms with Gasteiger partial charge in [0, 0.05) is 22.3 Å². The predicted molar refractivity (Wildman–Crippen MR) is 132 cm³/mol. The van der Waals surface area contributed by atoms with E-state index < -0.39 is 0 Å². The second-order valence-corrected chi connectivity index (χ2v) is 9.12. The summed E-state index contributed by atoms with van der Waals surface area (Å²) in [7, 11) is 0. The average Bonchev–Trinajstić information content (AvgIpc) is 3.29. The molecule has 2 aromatic carbocycles. The predicted octanol–water partition coefficient (Wildman–Crippen LogP) is 6.40. The van der Waals surface area contributed by atoms with Crippen LogP contribution >= 0.6 is 11.6 Å². The first-order valence-electron chi connectivity index (χ1n) is 11.2. The van der Waals surface area contributed by atoms with Crippen molar-refractivity contribution in [1.82, 2.24) is 4.98 Å². The molecule has 0 radical (unpaired) electrons. The first-order chi connectivity index (χ1) is 15.6. The molecule has 0 unspecified atom stereocenters. The lowest BCUT2D eigenvalue weighted by molar-refractivity contribution is 0.204. The Morgan fingerprint density at radius 1 is 1.00 bits per heavy atom. The highest BCUT2D eigenvalue weighted by Crippen LogP contribution is 2.40. The smallest absolute Gasteiger partial charge is 0.122 e. The molecule has 1 aromatic heterocycles. The van der Waals surface area contributed by atoms with Crippen molar-refractivity contribution in [2.75, 3.05) is 13.2 Å². The van der Waals surface area contributed by atoms with Gasteiger partial charge in [-0.15, -0.1) is 0 Å². The molecule has 0 atom stereocenters. The highest BCUT2D eigenvalue weighted by atomic mass is 35.5. The van der Waals surface area contributed by atoms with E-state index in [4.69, 9.17) is 22.1 Å². The van der Waals surface area contributed by atoms with Gasteiger partial charge in [0.2, 0.25) is 0 Å². The summed E-state index contributed by atoms with van der Waals surface area (Å²) in [5.74, 6) is 7.28. The second kappa shape index (κ2) is 10.2. The van der Waals surface area contributed by atoms with E-state index in [0.717, 1.165) is 51.7 Å². The molecule has 1 fully saturated rings. The summed E-state index contributed by atoms with van der Waals surface area (Å²) in [4.78, 5) is 4.48. The lowest BCUT2D eigenvalue weighted by Gasteiger charge is -2.27. The number of hydrogen-bond donors (Lipinski definition) is 1. The Morgan fingerprint density at radius 2 is 1.75 bits per heavy atom. The van der Waals surface area contributed by atoms with Crippen LogP contribution in [0.4, 0.5) is 0 Å². The van der Waals surface area contributed by atoms with Gasteiger partial charge in [-0.1, -0.05) is 48.6 Å². The number of pyridine rings is 1. The van der Waals surface area contributed by atoms with E-state index in [0.29, 0.717) is 6.61 Å². The van der Waals surface area contributed by atoms with Crippen LogP contribution in [0.25, 0.3) is 11.1 Å². The number of hydrogen-bond acceptors (Lipinski definition) is 3. The van der Waals surface area contributed by atoms with Gasteiger partial charge in [-0.05, 0) is 91.6 Å². The van der Waals surface area contributed by atoms with Gasteiger partial charge in [-0.25, -0.2) is 4.98 Å². The molecule has 0 aliphatic heterocycles. The molecule has 0 saturated heterocycles. The van der Waals surface area contributed by atoms with E-state index in [9.17, 15) is 0 Å². The first kappa shape index (κ1) is 22.4. The van der Waals surface area contributed by atoms with Gasteiger partial charge in [0.25, 0.3) is 0 Å². The van der Waals surface area contributed by atoms with Crippen molar-refractivity contribution in [1.29, 1.82) is 0 Å². The minimum atomic E-state index is 0.287. The average molecular weight is 445 g/mol. The van der Waals surface area contributed by atoms with Crippen LogP contribution in [0.3, 0.4) is 0 Å². The van der Waals surface area contributed by atoms with E-state index in [1.807, 2.05) is 54.7 Å². The zero-order chi connectivity index (χ0) is 22.4. The van der Waals surface area contributed by atoms with Gasteiger partial charge < -0.3 is 10.5 Å². The van der Waals surface area contributed by atoms with E-state index in [2.05, 4.69) is 29.8 Å². The largest absolute Gasteiger partial charge is 0.493 e. The number of benzene rings is 2. The lowest BCUT2D eigenvalue weighted by atomic mass is 9.83. The quantitative estimate of drug-likeness (QED) is 0.447. The Balaban J connectivity index is 1.37. The zero-order valence-corrected chi connectivity index (χ0v) is 19.3. The fourth-order valence-electron chi connectivity index (χ4n) is 4.36. The minimum Gasteiger partial charge on any atom is -0.493 e. The van der Waals surface area contributed by atoms with Crippen LogP contribution in [-0.2, 0) is 0 Å². The molecule has 4 rings (SSSR count). The molecule has 3 nitrogen and oxygen atoms in total. The Bertz CT molecular complexity index is 1100. The monoisotopic (exact) mass is 444 g/mol. The summed E-state index contributed by atoms with van der Waals surface area (Å²) in [6, 6.07) is 17.8. The van der Waals surface area contributed by atoms with Crippen molar-refractivity contribution in [3.8, 4) is 28.7 Å². The number of aryl methyl sites for hydroxylation is 1. The van der Waals surface area contributed by atoms with Gasteiger partial charge in [0.1, 0.15) is 11.4 Å². The number of ether oxygens (including phenoxy) is 1. The highest BCUT2D eigenvalue weighted by Gasteiger charge is 2.32. The highest BCUT2D eigenvalue weighted by molar-refractivity contribution is 6.30. The first-order valence-corrected chi connectivity index (χ1v) is 11.6. The molecular weight excluding hydrogens is 416 g/mol. The van der Waals surface area contributed by atoms with Crippen LogP contribution in [0.15, 0.2) is 60.8 Å². The Kier molecular flexibility index (Phi) is 7.15. The van der Waals surface area contributed by atoms with Crippen LogP contribution in [0.5, 0.6) is 5.75 Å². The number of rotatable bonds is 6. The molecule has 4 heteroatoms. The molecule has 1 saturated carbocycles. The fraction of sp³-hybridized carbons (Fsp3) is 0.321. The molecule has 1 heterocycles. The van der Waals surface area contributed by atoms with Crippen molar-refractivity contribution in [2.45, 2.75) is 39.0 Å². The van der Waals surface area contributed by atoms with E-state index in [1.54, 1.807) is 0 Å². The van der Waals surface area contributed by atoms with E-state index in [1.165, 1.54) is 25.7 Å². The summed E-state index contributed by atoms with van der Waals surface area (Å²) in [5, 5.41) is 0.726. The number of nitrogens with zero attached hydrogens (tertiary/aromatic N) is 1. The Labute approximate surface area is 196 Å². The zero-order valence-electron chi connectivity index (χ0n) is 18.5. The summed E-state index contributed by atoms with van der Waals surface area (Å²) in [6.07, 6.45) is 7.92. The Morgan fingerprint density at radius 3 is 2.41 bits per heavy atom. The van der Waals surface area contributed by atoms with Crippen LogP contribution < -0.4 is 10.5 Å². The van der Waals surface area contributed by atoms with Crippen molar-refractivity contribution >= 4 is 11.6 Å². The maximum absolute atomic E-state index is 6.08. The van der Waals surface area contributed by atoms with Crippen molar-refractivity contribution in [3.05, 3.63) is 82.6 Å². The molecule has 1 aliphatic carbocycles. The molecular formula is C28H29ClN2O. The normalized spacial score (nSPS) is 14.6. The molecule has 0 amide bonds. The third-order valence-electron chi connectivity index (χ3n) is 6.44. The van der Waals surface area contributed by atoms with Crippen molar-refractivity contribution < 1.29 is 4.74 Å².